The maximum Gasteiger partial charge on any atom is 0.257 e. The number of carbonyl (C=O) groups excluding carboxylic acids is 1. The fraction of sp³-hybridized carbons (Fsp3) is 0.462. The van der Waals surface area contributed by atoms with Crippen molar-refractivity contribution >= 4 is 5.91 Å². The summed E-state index contributed by atoms with van der Waals surface area (Å²) in [5.41, 5.74) is 0.0470. The number of phenols is 2. The van der Waals surface area contributed by atoms with Crippen LogP contribution in [0, 0.1) is 0 Å². The molecule has 2 rings (SSSR count). The van der Waals surface area contributed by atoms with Crippen LogP contribution in [-0.4, -0.2) is 58.0 Å². The molecule has 0 aromatic heterocycles. The van der Waals surface area contributed by atoms with Crippen LogP contribution in [0.25, 0.3) is 0 Å². The summed E-state index contributed by atoms with van der Waals surface area (Å²) >= 11 is 0. The molecule has 2 unspecified atom stereocenters. The van der Waals surface area contributed by atoms with E-state index in [0.717, 1.165) is 0 Å². The Morgan fingerprint density at radius 3 is 2.84 bits per heavy atom. The summed E-state index contributed by atoms with van der Waals surface area (Å²) in [7, 11) is 0. The van der Waals surface area contributed by atoms with Gasteiger partial charge in [0.05, 0.1) is 24.4 Å². The third kappa shape index (κ3) is 2.80. The van der Waals surface area contributed by atoms with Crippen molar-refractivity contribution in [2.75, 3.05) is 19.7 Å². The van der Waals surface area contributed by atoms with E-state index in [-0.39, 0.29) is 36.5 Å². The molecule has 6 nitrogen and oxygen atoms in total. The Kier molecular flexibility index (Phi) is 3.92. The molecular formula is C13H17NO5. The van der Waals surface area contributed by atoms with Gasteiger partial charge < -0.3 is 25.0 Å². The van der Waals surface area contributed by atoms with Crippen molar-refractivity contribution in [3.63, 3.8) is 0 Å². The first-order valence-corrected chi connectivity index (χ1v) is 6.09. The largest absolute Gasteiger partial charge is 0.504 e. The molecule has 1 aliphatic rings. The maximum absolute atomic E-state index is 12.3. The van der Waals surface area contributed by atoms with E-state index in [1.807, 2.05) is 6.92 Å². The van der Waals surface area contributed by atoms with Gasteiger partial charge in [-0.15, -0.1) is 0 Å². The van der Waals surface area contributed by atoms with E-state index in [4.69, 9.17) is 9.84 Å². The molecule has 1 fully saturated rings. The first-order valence-electron chi connectivity index (χ1n) is 6.09. The van der Waals surface area contributed by atoms with Crippen LogP contribution in [0.15, 0.2) is 18.2 Å². The highest BCUT2D eigenvalue weighted by atomic mass is 16.5. The third-order valence-electron chi connectivity index (χ3n) is 3.06. The smallest absolute Gasteiger partial charge is 0.257 e. The number of nitrogens with zero attached hydrogens (tertiary/aromatic N) is 1. The van der Waals surface area contributed by atoms with E-state index in [0.29, 0.717) is 6.54 Å². The average Bonchev–Trinajstić information content (AvgIpc) is 2.40. The molecule has 1 aromatic rings. The first kappa shape index (κ1) is 13.6. The number of aliphatic hydroxyl groups is 1. The predicted molar refractivity (Wildman–Crippen MR) is 67.1 cm³/mol. The van der Waals surface area contributed by atoms with Crippen molar-refractivity contribution in [1.29, 1.82) is 0 Å². The molecule has 1 aromatic carbocycles. The van der Waals surface area contributed by atoms with Crippen LogP contribution >= 0.6 is 0 Å². The molecule has 1 heterocycles. The summed E-state index contributed by atoms with van der Waals surface area (Å²) in [6.07, 6.45) is -0.610. The highest BCUT2D eigenvalue weighted by Gasteiger charge is 2.30. The van der Waals surface area contributed by atoms with Crippen molar-refractivity contribution < 1.29 is 24.9 Å². The van der Waals surface area contributed by atoms with E-state index in [2.05, 4.69) is 0 Å². The minimum atomic E-state index is -0.424. The van der Waals surface area contributed by atoms with E-state index < -0.39 is 11.9 Å². The molecule has 0 bridgehead atoms. The number of rotatable bonds is 2. The number of morpholine rings is 1. The van der Waals surface area contributed by atoms with Crippen LogP contribution in [0.5, 0.6) is 11.5 Å². The van der Waals surface area contributed by atoms with Crippen molar-refractivity contribution in [3.8, 4) is 11.5 Å². The zero-order chi connectivity index (χ0) is 14.0. The van der Waals surface area contributed by atoms with Crippen molar-refractivity contribution in [2.45, 2.75) is 19.1 Å². The second-order valence-electron chi connectivity index (χ2n) is 4.63. The van der Waals surface area contributed by atoms with Gasteiger partial charge in [0.1, 0.15) is 0 Å². The number of aromatic hydroxyl groups is 2. The zero-order valence-corrected chi connectivity index (χ0v) is 10.6. The average molecular weight is 267 g/mol. The Balaban J connectivity index is 2.21. The standard InChI is InChI=1S/C13H17NO5/c1-8-5-14(6-9(7-15)19-8)13(18)10-3-2-4-11(16)12(10)17/h2-4,8-9,15-17H,5-7H2,1H3. The number of hydrogen-bond donors (Lipinski definition) is 3. The second-order valence-corrected chi connectivity index (χ2v) is 4.63. The van der Waals surface area contributed by atoms with Gasteiger partial charge in [-0.3, -0.25) is 4.79 Å². The summed E-state index contributed by atoms with van der Waals surface area (Å²) in [5, 5.41) is 28.2. The molecule has 19 heavy (non-hydrogen) atoms. The zero-order valence-electron chi connectivity index (χ0n) is 10.6. The number of ether oxygens (including phenoxy) is 1. The Labute approximate surface area is 110 Å². The van der Waals surface area contributed by atoms with Crippen LogP contribution < -0.4 is 0 Å². The Morgan fingerprint density at radius 2 is 2.16 bits per heavy atom. The SMILES string of the molecule is CC1CN(C(=O)c2cccc(O)c2O)CC(CO)O1. The summed E-state index contributed by atoms with van der Waals surface area (Å²) in [4.78, 5) is 13.8. The molecule has 1 amide bonds. The van der Waals surface area contributed by atoms with Gasteiger partial charge >= 0.3 is 0 Å². The van der Waals surface area contributed by atoms with Gasteiger partial charge in [0, 0.05) is 13.1 Å². The fourth-order valence-corrected chi connectivity index (χ4v) is 2.19. The van der Waals surface area contributed by atoms with Gasteiger partial charge in [0.15, 0.2) is 11.5 Å². The number of para-hydroxylation sites is 1. The lowest BCUT2D eigenvalue weighted by atomic mass is 10.1. The van der Waals surface area contributed by atoms with Gasteiger partial charge in [-0.2, -0.15) is 0 Å². The fourth-order valence-electron chi connectivity index (χ4n) is 2.19. The van der Waals surface area contributed by atoms with Crippen molar-refractivity contribution in [3.05, 3.63) is 23.8 Å². The van der Waals surface area contributed by atoms with E-state index >= 15 is 0 Å². The molecule has 0 spiro atoms. The van der Waals surface area contributed by atoms with Gasteiger partial charge in [0.2, 0.25) is 0 Å². The minimum Gasteiger partial charge on any atom is -0.504 e. The first-order chi connectivity index (χ1) is 9.02. The van der Waals surface area contributed by atoms with Crippen molar-refractivity contribution in [2.24, 2.45) is 0 Å². The topological polar surface area (TPSA) is 90.2 Å². The number of phenolic OH excluding ortho intramolecular Hbond substituents is 2. The summed E-state index contributed by atoms with van der Waals surface area (Å²) < 4.78 is 5.45. The number of aliphatic hydroxyl groups excluding tert-OH is 1. The molecule has 6 heteroatoms. The minimum absolute atomic E-state index is 0.0470. The molecule has 1 aliphatic heterocycles. The van der Waals surface area contributed by atoms with Gasteiger partial charge in [-0.1, -0.05) is 6.07 Å². The lowest BCUT2D eigenvalue weighted by Gasteiger charge is -2.36. The highest BCUT2D eigenvalue weighted by molar-refractivity contribution is 5.97. The second kappa shape index (κ2) is 5.46. The molecule has 0 saturated carbocycles. The summed E-state index contributed by atoms with van der Waals surface area (Å²) in [6, 6.07) is 4.26. The van der Waals surface area contributed by atoms with E-state index in [1.165, 1.54) is 23.1 Å². The van der Waals surface area contributed by atoms with Crippen LogP contribution in [0.1, 0.15) is 17.3 Å². The van der Waals surface area contributed by atoms with E-state index in [1.54, 1.807) is 0 Å². The molecule has 1 saturated heterocycles. The highest BCUT2D eigenvalue weighted by Crippen LogP contribution is 2.29. The van der Waals surface area contributed by atoms with Crippen LogP contribution in [-0.2, 0) is 4.74 Å². The van der Waals surface area contributed by atoms with Gasteiger partial charge in [0.25, 0.3) is 5.91 Å². The molecule has 3 N–H and O–H groups in total. The monoisotopic (exact) mass is 267 g/mol. The van der Waals surface area contributed by atoms with Crippen molar-refractivity contribution in [1.82, 2.24) is 4.90 Å². The van der Waals surface area contributed by atoms with Gasteiger partial charge in [-0.25, -0.2) is 0 Å². The lowest BCUT2D eigenvalue weighted by molar-refractivity contribution is -0.0859. The third-order valence-corrected chi connectivity index (χ3v) is 3.06. The molecular weight excluding hydrogens is 250 g/mol. The van der Waals surface area contributed by atoms with Crippen LogP contribution in [0.3, 0.4) is 0 Å². The quantitative estimate of drug-likeness (QED) is 0.671. The molecule has 0 aliphatic carbocycles. The summed E-state index contributed by atoms with van der Waals surface area (Å²) in [6.45, 7) is 2.28. The Morgan fingerprint density at radius 1 is 1.42 bits per heavy atom. The molecule has 2 atom stereocenters. The number of hydrogen-bond acceptors (Lipinski definition) is 5. The normalized spacial score (nSPS) is 23.4. The Hall–Kier alpha value is -1.79. The predicted octanol–water partition coefficient (Wildman–Crippen LogP) is 0.320. The Bertz CT molecular complexity index is 476. The summed E-state index contributed by atoms with van der Waals surface area (Å²) in [5.74, 6) is -1.14. The van der Waals surface area contributed by atoms with Crippen LogP contribution in [0.4, 0.5) is 0 Å². The van der Waals surface area contributed by atoms with Crippen LogP contribution in [0.2, 0.25) is 0 Å². The van der Waals surface area contributed by atoms with E-state index in [9.17, 15) is 15.0 Å². The molecule has 0 radical (unpaired) electrons. The van der Waals surface area contributed by atoms with Gasteiger partial charge in [-0.05, 0) is 19.1 Å². The maximum atomic E-state index is 12.3. The molecule has 104 valence electrons. The number of amides is 1. The number of carbonyl (C=O) groups is 1. The lowest BCUT2D eigenvalue weighted by Crippen LogP contribution is -2.50. The number of benzene rings is 1.